The highest BCUT2D eigenvalue weighted by Gasteiger charge is 2.25. The molecule has 0 aliphatic carbocycles. The van der Waals surface area contributed by atoms with Gasteiger partial charge in [-0.3, -0.25) is 14.5 Å². The number of nitrogens with one attached hydrogen (secondary N) is 1. The molecule has 2 N–H and O–H groups in total. The maximum absolute atomic E-state index is 12.2. The lowest BCUT2D eigenvalue weighted by molar-refractivity contribution is -0.143. The fourth-order valence-corrected chi connectivity index (χ4v) is 2.96. The molecule has 1 fully saturated rings. The number of piperidine rings is 1. The summed E-state index contributed by atoms with van der Waals surface area (Å²) in [5.41, 5.74) is 0.550. The van der Waals surface area contributed by atoms with Crippen LogP contribution in [0.25, 0.3) is 0 Å². The Bertz CT molecular complexity index is 546. The van der Waals surface area contributed by atoms with Gasteiger partial charge in [0.2, 0.25) is 5.91 Å². The zero-order valence-corrected chi connectivity index (χ0v) is 13.2. The van der Waals surface area contributed by atoms with E-state index in [-0.39, 0.29) is 18.4 Å². The maximum atomic E-state index is 12.2. The summed E-state index contributed by atoms with van der Waals surface area (Å²) in [4.78, 5) is 25.2. The van der Waals surface area contributed by atoms with Crippen LogP contribution in [-0.4, -0.2) is 47.3 Å². The fraction of sp³-hybridized carbons (Fsp3) is 0.467. The topological polar surface area (TPSA) is 69.6 Å². The molecule has 8 heteroatoms. The van der Waals surface area contributed by atoms with E-state index in [1.54, 1.807) is 12.1 Å². The molecular formula is C15H18F2N2O3S. The van der Waals surface area contributed by atoms with Gasteiger partial charge in [0.1, 0.15) is 0 Å². The normalized spacial score (nSPS) is 16.5. The molecule has 0 spiro atoms. The van der Waals surface area contributed by atoms with Crippen molar-refractivity contribution >= 4 is 29.3 Å². The highest BCUT2D eigenvalue weighted by molar-refractivity contribution is 7.99. The van der Waals surface area contributed by atoms with Crippen LogP contribution in [0.15, 0.2) is 29.2 Å². The number of nitrogens with zero attached hydrogens (tertiary/aromatic N) is 1. The molecule has 1 aromatic rings. The van der Waals surface area contributed by atoms with Gasteiger partial charge in [-0.05, 0) is 50.2 Å². The summed E-state index contributed by atoms with van der Waals surface area (Å²) in [6.07, 6.45) is 1.09. The van der Waals surface area contributed by atoms with Crippen LogP contribution >= 0.6 is 11.8 Å². The molecule has 2 rings (SSSR count). The lowest BCUT2D eigenvalue weighted by atomic mass is 9.97. The Kier molecular flexibility index (Phi) is 6.35. The fourth-order valence-electron chi connectivity index (χ4n) is 2.46. The minimum absolute atomic E-state index is 0.194. The molecule has 0 bridgehead atoms. The van der Waals surface area contributed by atoms with Gasteiger partial charge in [0.25, 0.3) is 5.76 Å². The van der Waals surface area contributed by atoms with Gasteiger partial charge >= 0.3 is 5.97 Å². The van der Waals surface area contributed by atoms with Crippen LogP contribution in [-0.2, 0) is 9.59 Å². The zero-order chi connectivity index (χ0) is 16.8. The number of hydrogen-bond acceptors (Lipinski definition) is 4. The van der Waals surface area contributed by atoms with Crippen molar-refractivity contribution in [3.63, 3.8) is 0 Å². The molecule has 0 aromatic heterocycles. The summed E-state index contributed by atoms with van der Waals surface area (Å²) in [6.45, 7) is 1.35. The third kappa shape index (κ3) is 5.80. The van der Waals surface area contributed by atoms with Crippen molar-refractivity contribution in [2.24, 2.45) is 5.92 Å². The van der Waals surface area contributed by atoms with Crippen molar-refractivity contribution in [2.45, 2.75) is 23.5 Å². The number of alkyl halides is 2. The van der Waals surface area contributed by atoms with Crippen LogP contribution in [0.4, 0.5) is 14.5 Å². The number of halogens is 2. The Labute approximate surface area is 137 Å². The Morgan fingerprint density at radius 3 is 2.39 bits per heavy atom. The Morgan fingerprint density at radius 2 is 1.87 bits per heavy atom. The summed E-state index contributed by atoms with van der Waals surface area (Å²) < 4.78 is 24.4. The molecule has 1 amide bonds. The second-order valence-corrected chi connectivity index (χ2v) is 6.40. The van der Waals surface area contributed by atoms with E-state index >= 15 is 0 Å². The van der Waals surface area contributed by atoms with Crippen molar-refractivity contribution in [1.82, 2.24) is 4.90 Å². The smallest absolute Gasteiger partial charge is 0.306 e. The summed E-state index contributed by atoms with van der Waals surface area (Å²) in [7, 11) is 0. The number of hydrogen-bond donors (Lipinski definition) is 2. The first-order valence-electron chi connectivity index (χ1n) is 7.24. The first-order valence-corrected chi connectivity index (χ1v) is 8.12. The SMILES string of the molecule is O=C(CN1CCC(C(=O)O)CC1)Nc1ccc(SC(F)F)cc1. The molecule has 5 nitrogen and oxygen atoms in total. The Hall–Kier alpha value is -1.67. The second-order valence-electron chi connectivity index (χ2n) is 5.34. The highest BCUT2D eigenvalue weighted by atomic mass is 32.2. The Balaban J connectivity index is 1.78. The second kappa shape index (κ2) is 8.26. The van der Waals surface area contributed by atoms with E-state index in [0.29, 0.717) is 48.3 Å². The highest BCUT2D eigenvalue weighted by Crippen LogP contribution is 2.26. The van der Waals surface area contributed by atoms with Crippen LogP contribution in [0.5, 0.6) is 0 Å². The molecule has 0 saturated carbocycles. The zero-order valence-electron chi connectivity index (χ0n) is 12.4. The van der Waals surface area contributed by atoms with Gasteiger partial charge < -0.3 is 10.4 Å². The molecular weight excluding hydrogens is 326 g/mol. The van der Waals surface area contributed by atoms with E-state index < -0.39 is 11.7 Å². The minimum atomic E-state index is -2.47. The van der Waals surface area contributed by atoms with Crippen LogP contribution < -0.4 is 5.32 Å². The summed E-state index contributed by atoms with van der Waals surface area (Å²) in [5.74, 6) is -3.78. The number of aliphatic carboxylic acids is 1. The van der Waals surface area contributed by atoms with Crippen LogP contribution in [0.1, 0.15) is 12.8 Å². The standard InChI is InChI=1S/C15H18F2N2O3S/c16-15(17)23-12-3-1-11(2-4-12)18-13(20)9-19-7-5-10(6-8-19)14(21)22/h1-4,10,15H,5-9H2,(H,18,20)(H,21,22). The number of anilines is 1. The van der Waals surface area contributed by atoms with Crippen LogP contribution in [0, 0.1) is 5.92 Å². The average molecular weight is 344 g/mol. The van der Waals surface area contributed by atoms with E-state index in [1.165, 1.54) is 12.1 Å². The van der Waals surface area contributed by atoms with Crippen molar-refractivity contribution in [2.75, 3.05) is 25.0 Å². The molecule has 126 valence electrons. The number of benzene rings is 1. The number of carboxylic acid groups (broad SMARTS) is 1. The van der Waals surface area contributed by atoms with Crippen molar-refractivity contribution in [3.8, 4) is 0 Å². The van der Waals surface area contributed by atoms with E-state index in [4.69, 9.17) is 5.11 Å². The largest absolute Gasteiger partial charge is 0.481 e. The number of likely N-dealkylation sites (tertiary alicyclic amines) is 1. The third-order valence-corrected chi connectivity index (χ3v) is 4.39. The lowest BCUT2D eigenvalue weighted by Gasteiger charge is -2.29. The molecule has 1 aliphatic rings. The van der Waals surface area contributed by atoms with E-state index in [2.05, 4.69) is 5.32 Å². The molecule has 1 heterocycles. The monoisotopic (exact) mass is 344 g/mol. The van der Waals surface area contributed by atoms with Gasteiger partial charge in [0.15, 0.2) is 0 Å². The number of carbonyl (C=O) groups excluding carboxylic acids is 1. The van der Waals surface area contributed by atoms with Crippen LogP contribution in [0.2, 0.25) is 0 Å². The predicted octanol–water partition coefficient (Wildman–Crippen LogP) is 2.74. The first-order chi connectivity index (χ1) is 10.9. The van der Waals surface area contributed by atoms with E-state index in [1.807, 2.05) is 4.90 Å². The quantitative estimate of drug-likeness (QED) is 0.777. The van der Waals surface area contributed by atoms with Gasteiger partial charge in [-0.1, -0.05) is 11.8 Å². The maximum Gasteiger partial charge on any atom is 0.306 e. The number of carboxylic acids is 1. The number of thioether (sulfide) groups is 1. The molecule has 1 aliphatic heterocycles. The third-order valence-electron chi connectivity index (χ3n) is 3.67. The Morgan fingerprint density at radius 1 is 1.26 bits per heavy atom. The van der Waals surface area contributed by atoms with Gasteiger partial charge in [-0.2, -0.15) is 8.78 Å². The van der Waals surface area contributed by atoms with E-state index in [0.717, 1.165) is 0 Å². The molecule has 23 heavy (non-hydrogen) atoms. The minimum Gasteiger partial charge on any atom is -0.481 e. The van der Waals surface area contributed by atoms with Gasteiger partial charge in [-0.25, -0.2) is 0 Å². The lowest BCUT2D eigenvalue weighted by Crippen LogP contribution is -2.40. The number of carbonyl (C=O) groups is 2. The van der Waals surface area contributed by atoms with E-state index in [9.17, 15) is 18.4 Å². The molecule has 1 aromatic carbocycles. The van der Waals surface area contributed by atoms with Crippen molar-refractivity contribution in [3.05, 3.63) is 24.3 Å². The molecule has 1 saturated heterocycles. The molecule has 0 atom stereocenters. The predicted molar refractivity (Wildman–Crippen MR) is 83.7 cm³/mol. The molecule has 0 radical (unpaired) electrons. The summed E-state index contributed by atoms with van der Waals surface area (Å²) >= 11 is 0.455. The van der Waals surface area contributed by atoms with Gasteiger partial charge in [0.05, 0.1) is 12.5 Å². The summed E-state index contributed by atoms with van der Waals surface area (Å²) in [6, 6.07) is 6.23. The number of rotatable bonds is 6. The van der Waals surface area contributed by atoms with Gasteiger partial charge in [0, 0.05) is 10.6 Å². The first kappa shape index (κ1) is 17.7. The van der Waals surface area contributed by atoms with Crippen molar-refractivity contribution < 1.29 is 23.5 Å². The summed E-state index contributed by atoms with van der Waals surface area (Å²) in [5, 5.41) is 11.6. The molecule has 0 unspecified atom stereocenters. The average Bonchev–Trinajstić information content (AvgIpc) is 2.49. The van der Waals surface area contributed by atoms with Gasteiger partial charge in [-0.15, -0.1) is 0 Å². The number of amides is 1. The van der Waals surface area contributed by atoms with Crippen molar-refractivity contribution in [1.29, 1.82) is 0 Å². The van der Waals surface area contributed by atoms with Crippen LogP contribution in [0.3, 0.4) is 0 Å².